The molecule has 0 saturated heterocycles. The summed E-state index contributed by atoms with van der Waals surface area (Å²) in [7, 11) is 0. The largest absolute Gasteiger partial charge is 0.356 e. The molecule has 2 aromatic heterocycles. The van der Waals surface area contributed by atoms with E-state index in [2.05, 4.69) is 31.1 Å². The van der Waals surface area contributed by atoms with Gasteiger partial charge in [-0.15, -0.1) is 0 Å². The third kappa shape index (κ3) is 2.28. The van der Waals surface area contributed by atoms with Crippen LogP contribution in [0, 0.1) is 11.3 Å². The normalized spacial score (nSPS) is 10.3. The van der Waals surface area contributed by atoms with Gasteiger partial charge in [0.25, 0.3) is 5.89 Å². The quantitative estimate of drug-likeness (QED) is 0.786. The molecule has 3 rings (SSSR count). The Hall–Kier alpha value is -2.39. The van der Waals surface area contributed by atoms with Crippen LogP contribution >= 0.6 is 15.9 Å². The number of aromatic nitrogens is 3. The van der Waals surface area contributed by atoms with Crippen molar-refractivity contribution in [3.63, 3.8) is 0 Å². The number of halogens is 1. The summed E-state index contributed by atoms with van der Waals surface area (Å²) in [6.45, 7) is 0. The van der Waals surface area contributed by atoms with E-state index in [0.29, 0.717) is 23.0 Å². The molecule has 0 unspecified atom stereocenters. The van der Waals surface area contributed by atoms with Gasteiger partial charge in [-0.1, -0.05) is 33.2 Å². The van der Waals surface area contributed by atoms with Crippen LogP contribution in [0.15, 0.2) is 45.5 Å². The summed E-state index contributed by atoms with van der Waals surface area (Å²) < 4.78 is 6.13. The standard InChI is InChI=1S/C13H7BrN4O/c14-10-3-1-2-9(5-10)12-17-13(19-18-12)11-4-8(6-15)7-16-11/h1-5,7,16H. The fourth-order valence-corrected chi connectivity index (χ4v) is 2.06. The van der Waals surface area contributed by atoms with Crippen molar-refractivity contribution in [2.75, 3.05) is 0 Å². The van der Waals surface area contributed by atoms with Crippen molar-refractivity contribution in [3.8, 4) is 29.0 Å². The van der Waals surface area contributed by atoms with Crippen LogP contribution in [-0.4, -0.2) is 15.1 Å². The summed E-state index contributed by atoms with van der Waals surface area (Å²) in [6.07, 6.45) is 1.60. The predicted octanol–water partition coefficient (Wildman–Crippen LogP) is 3.37. The van der Waals surface area contributed by atoms with E-state index in [0.717, 1.165) is 10.0 Å². The molecule has 0 saturated carbocycles. The third-order valence-electron chi connectivity index (χ3n) is 2.55. The fraction of sp³-hybridized carbons (Fsp3) is 0. The van der Waals surface area contributed by atoms with Crippen molar-refractivity contribution in [1.82, 2.24) is 15.1 Å². The molecule has 1 N–H and O–H groups in total. The zero-order valence-electron chi connectivity index (χ0n) is 9.59. The second kappa shape index (κ2) is 4.71. The molecule has 0 aliphatic heterocycles. The van der Waals surface area contributed by atoms with Gasteiger partial charge >= 0.3 is 0 Å². The van der Waals surface area contributed by atoms with Gasteiger partial charge in [-0.05, 0) is 18.2 Å². The Labute approximate surface area is 117 Å². The first kappa shape index (κ1) is 11.7. The number of H-pyrrole nitrogens is 1. The number of aromatic amines is 1. The predicted molar refractivity (Wildman–Crippen MR) is 71.9 cm³/mol. The second-order valence-electron chi connectivity index (χ2n) is 3.85. The van der Waals surface area contributed by atoms with Crippen molar-refractivity contribution in [2.24, 2.45) is 0 Å². The lowest BCUT2D eigenvalue weighted by Crippen LogP contribution is -1.81. The summed E-state index contributed by atoms with van der Waals surface area (Å²) in [5.74, 6) is 0.862. The lowest BCUT2D eigenvalue weighted by molar-refractivity contribution is 0.431. The highest BCUT2D eigenvalue weighted by molar-refractivity contribution is 9.10. The molecule has 0 radical (unpaired) electrons. The third-order valence-corrected chi connectivity index (χ3v) is 3.04. The number of rotatable bonds is 2. The molecular weight excluding hydrogens is 308 g/mol. The number of nitrogens with zero attached hydrogens (tertiary/aromatic N) is 3. The minimum absolute atomic E-state index is 0.358. The Morgan fingerprint density at radius 2 is 2.21 bits per heavy atom. The molecule has 0 bridgehead atoms. The first-order valence-electron chi connectivity index (χ1n) is 5.45. The van der Waals surface area contributed by atoms with Gasteiger partial charge in [0.1, 0.15) is 11.8 Å². The molecule has 0 amide bonds. The van der Waals surface area contributed by atoms with Crippen molar-refractivity contribution >= 4 is 15.9 Å². The van der Waals surface area contributed by atoms with Crippen LogP contribution < -0.4 is 0 Å². The summed E-state index contributed by atoms with van der Waals surface area (Å²) in [4.78, 5) is 7.22. The number of nitriles is 1. The summed E-state index contributed by atoms with van der Waals surface area (Å²) >= 11 is 3.40. The molecule has 19 heavy (non-hydrogen) atoms. The summed E-state index contributed by atoms with van der Waals surface area (Å²) in [5, 5.41) is 12.7. The van der Waals surface area contributed by atoms with Gasteiger partial charge in [-0.25, -0.2) is 0 Å². The molecule has 0 spiro atoms. The summed E-state index contributed by atoms with van der Waals surface area (Å²) in [5.41, 5.74) is 2.01. The molecule has 2 heterocycles. The maximum Gasteiger partial charge on any atom is 0.274 e. The molecule has 5 nitrogen and oxygen atoms in total. The maximum atomic E-state index is 8.77. The average molecular weight is 315 g/mol. The Bertz CT molecular complexity index is 769. The zero-order chi connectivity index (χ0) is 13.2. The number of hydrogen-bond donors (Lipinski definition) is 1. The van der Waals surface area contributed by atoms with Crippen LogP contribution in [0.5, 0.6) is 0 Å². The first-order chi connectivity index (χ1) is 9.26. The van der Waals surface area contributed by atoms with Crippen LogP contribution in [0.4, 0.5) is 0 Å². The Morgan fingerprint density at radius 1 is 1.32 bits per heavy atom. The Kier molecular flexibility index (Phi) is 2.89. The number of nitrogens with one attached hydrogen (secondary N) is 1. The lowest BCUT2D eigenvalue weighted by Gasteiger charge is -1.93. The highest BCUT2D eigenvalue weighted by Gasteiger charge is 2.12. The molecule has 6 heteroatoms. The monoisotopic (exact) mass is 314 g/mol. The van der Waals surface area contributed by atoms with Crippen LogP contribution in [0.2, 0.25) is 0 Å². The first-order valence-corrected chi connectivity index (χ1v) is 6.24. The SMILES string of the molecule is N#Cc1c[nH]c(-c2nc(-c3cccc(Br)c3)no2)c1. The van der Waals surface area contributed by atoms with Gasteiger partial charge in [0.2, 0.25) is 5.82 Å². The highest BCUT2D eigenvalue weighted by atomic mass is 79.9. The van der Waals surface area contributed by atoms with Crippen LogP contribution in [0.3, 0.4) is 0 Å². The van der Waals surface area contributed by atoms with E-state index >= 15 is 0 Å². The zero-order valence-corrected chi connectivity index (χ0v) is 11.2. The van der Waals surface area contributed by atoms with E-state index in [-0.39, 0.29) is 0 Å². The fourth-order valence-electron chi connectivity index (χ4n) is 1.66. The van der Waals surface area contributed by atoms with E-state index in [1.165, 1.54) is 0 Å². The molecule has 0 aliphatic carbocycles. The topological polar surface area (TPSA) is 78.5 Å². The Balaban J connectivity index is 1.97. The maximum absolute atomic E-state index is 8.77. The number of benzene rings is 1. The molecule has 3 aromatic rings. The minimum atomic E-state index is 0.358. The van der Waals surface area contributed by atoms with E-state index in [9.17, 15) is 0 Å². The van der Waals surface area contributed by atoms with Crippen LogP contribution in [-0.2, 0) is 0 Å². The van der Waals surface area contributed by atoms with Gasteiger partial charge in [0.05, 0.1) is 5.56 Å². The number of hydrogen-bond acceptors (Lipinski definition) is 4. The smallest absolute Gasteiger partial charge is 0.274 e. The van der Waals surface area contributed by atoms with E-state index in [1.54, 1.807) is 12.3 Å². The molecule has 92 valence electrons. The van der Waals surface area contributed by atoms with Gasteiger partial charge in [-0.3, -0.25) is 0 Å². The van der Waals surface area contributed by atoms with Crippen LogP contribution in [0.25, 0.3) is 23.0 Å². The van der Waals surface area contributed by atoms with E-state index in [1.807, 2.05) is 30.3 Å². The molecule has 1 aromatic carbocycles. The van der Waals surface area contributed by atoms with Crippen molar-refractivity contribution in [1.29, 1.82) is 5.26 Å². The van der Waals surface area contributed by atoms with E-state index < -0.39 is 0 Å². The average Bonchev–Trinajstić information content (AvgIpc) is 3.07. The summed E-state index contributed by atoms with van der Waals surface area (Å²) in [6, 6.07) is 11.3. The molecular formula is C13H7BrN4O. The molecule has 0 aliphatic rings. The van der Waals surface area contributed by atoms with Crippen LogP contribution in [0.1, 0.15) is 5.56 Å². The van der Waals surface area contributed by atoms with Crippen molar-refractivity contribution in [2.45, 2.75) is 0 Å². The molecule has 0 fully saturated rings. The van der Waals surface area contributed by atoms with Gasteiger partial charge < -0.3 is 9.51 Å². The van der Waals surface area contributed by atoms with Crippen molar-refractivity contribution < 1.29 is 4.52 Å². The van der Waals surface area contributed by atoms with Crippen molar-refractivity contribution in [3.05, 3.63) is 46.6 Å². The van der Waals surface area contributed by atoms with E-state index in [4.69, 9.17) is 9.78 Å². The van der Waals surface area contributed by atoms with Gasteiger partial charge in [-0.2, -0.15) is 10.2 Å². The second-order valence-corrected chi connectivity index (χ2v) is 4.76. The lowest BCUT2D eigenvalue weighted by atomic mass is 10.2. The Morgan fingerprint density at radius 3 is 2.95 bits per heavy atom. The molecule has 0 atom stereocenters. The highest BCUT2D eigenvalue weighted by Crippen LogP contribution is 2.23. The van der Waals surface area contributed by atoms with Gasteiger partial charge in [0, 0.05) is 16.2 Å². The van der Waals surface area contributed by atoms with Gasteiger partial charge in [0.15, 0.2) is 0 Å². The minimum Gasteiger partial charge on any atom is -0.356 e.